The molecule has 0 heterocycles. The number of allylic oxidation sites excluding steroid dienone is 6. The van der Waals surface area contributed by atoms with E-state index in [1.807, 2.05) is 31.2 Å². The SMILES string of the molecule is C=Cc1cccc(C2=CC=C(C(=C)c3ccccc3N=C(C)Br)CC2)c1/C=C\C. The van der Waals surface area contributed by atoms with Gasteiger partial charge < -0.3 is 0 Å². The molecule has 0 bridgehead atoms. The minimum absolute atomic E-state index is 0.858. The van der Waals surface area contributed by atoms with Crippen molar-refractivity contribution in [2.75, 3.05) is 0 Å². The Balaban J connectivity index is 1.96. The number of aliphatic imine (C=N–C) groups is 1. The molecule has 2 heteroatoms. The zero-order chi connectivity index (χ0) is 20.8. The average Bonchev–Trinajstić information content (AvgIpc) is 2.74. The topological polar surface area (TPSA) is 12.4 Å². The van der Waals surface area contributed by atoms with Gasteiger partial charge in [-0.3, -0.25) is 0 Å². The molecule has 146 valence electrons. The Bertz CT molecular complexity index is 1060. The molecule has 0 aliphatic heterocycles. The lowest BCUT2D eigenvalue weighted by atomic mass is 9.85. The van der Waals surface area contributed by atoms with Crippen molar-refractivity contribution in [1.29, 1.82) is 0 Å². The van der Waals surface area contributed by atoms with Crippen LogP contribution in [-0.4, -0.2) is 4.62 Å². The summed E-state index contributed by atoms with van der Waals surface area (Å²) in [5.74, 6) is 0. The largest absolute Gasteiger partial charge is 0.246 e. The van der Waals surface area contributed by atoms with E-state index >= 15 is 0 Å². The lowest BCUT2D eigenvalue weighted by Gasteiger charge is -2.20. The Morgan fingerprint density at radius 2 is 1.86 bits per heavy atom. The molecule has 0 N–H and O–H groups in total. The first kappa shape index (κ1) is 21.0. The standard InChI is InChI=1S/C27H26BrN/c1-5-10-25-21(6-2)11-9-13-26(25)23-17-15-22(16-18-23)19(3)24-12-7-8-14-27(24)29-20(4)28/h5-15,17H,2-3,16,18H2,1,4H3/b10-5-,29-20?. The first-order valence-corrected chi connectivity index (χ1v) is 10.6. The van der Waals surface area contributed by atoms with Gasteiger partial charge in [0.25, 0.3) is 0 Å². The smallest absolute Gasteiger partial charge is 0.0805 e. The number of benzene rings is 2. The fraction of sp³-hybridized carbons (Fsp3) is 0.148. The Morgan fingerprint density at radius 3 is 2.52 bits per heavy atom. The molecule has 0 atom stereocenters. The third-order valence-electron chi connectivity index (χ3n) is 5.08. The van der Waals surface area contributed by atoms with Gasteiger partial charge in [-0.15, -0.1) is 0 Å². The molecule has 0 saturated carbocycles. The molecule has 0 fully saturated rings. The highest BCUT2D eigenvalue weighted by Gasteiger charge is 2.16. The minimum Gasteiger partial charge on any atom is -0.246 e. The van der Waals surface area contributed by atoms with Gasteiger partial charge in [0.2, 0.25) is 0 Å². The maximum atomic E-state index is 4.60. The van der Waals surface area contributed by atoms with E-state index in [0.717, 1.165) is 39.8 Å². The summed E-state index contributed by atoms with van der Waals surface area (Å²) < 4.78 is 0.858. The van der Waals surface area contributed by atoms with Gasteiger partial charge in [-0.25, -0.2) is 4.99 Å². The summed E-state index contributed by atoms with van der Waals surface area (Å²) in [6.45, 7) is 12.3. The van der Waals surface area contributed by atoms with Gasteiger partial charge in [0, 0.05) is 5.56 Å². The van der Waals surface area contributed by atoms with Crippen molar-refractivity contribution in [1.82, 2.24) is 0 Å². The molecular weight excluding hydrogens is 418 g/mol. The van der Waals surface area contributed by atoms with Crippen LogP contribution < -0.4 is 0 Å². The normalized spacial score (nSPS) is 14.5. The molecule has 1 aliphatic rings. The van der Waals surface area contributed by atoms with Crippen molar-refractivity contribution >= 4 is 49.5 Å². The second-order valence-electron chi connectivity index (χ2n) is 7.00. The molecular formula is C27H26BrN. The fourth-order valence-corrected chi connectivity index (χ4v) is 3.86. The first-order chi connectivity index (χ1) is 14.0. The highest BCUT2D eigenvalue weighted by molar-refractivity contribution is 9.18. The number of para-hydroxylation sites is 1. The van der Waals surface area contributed by atoms with E-state index in [9.17, 15) is 0 Å². The van der Waals surface area contributed by atoms with Crippen LogP contribution in [0.4, 0.5) is 5.69 Å². The van der Waals surface area contributed by atoms with E-state index in [0.29, 0.717) is 0 Å². The van der Waals surface area contributed by atoms with Gasteiger partial charge in [-0.05, 0) is 82.1 Å². The Hall–Kier alpha value is -2.71. The van der Waals surface area contributed by atoms with Crippen LogP contribution in [0.25, 0.3) is 23.3 Å². The number of hydrogen-bond donors (Lipinski definition) is 0. The zero-order valence-corrected chi connectivity index (χ0v) is 18.7. The van der Waals surface area contributed by atoms with E-state index in [1.54, 1.807) is 0 Å². The second kappa shape index (κ2) is 9.67. The van der Waals surface area contributed by atoms with Gasteiger partial charge in [-0.2, -0.15) is 0 Å². The Morgan fingerprint density at radius 1 is 1.07 bits per heavy atom. The molecule has 0 amide bonds. The van der Waals surface area contributed by atoms with Crippen molar-refractivity contribution < 1.29 is 0 Å². The second-order valence-corrected chi connectivity index (χ2v) is 8.15. The van der Waals surface area contributed by atoms with E-state index in [2.05, 4.69) is 89.6 Å². The molecule has 2 aromatic carbocycles. The van der Waals surface area contributed by atoms with Crippen molar-refractivity contribution in [3.05, 3.63) is 102 Å². The van der Waals surface area contributed by atoms with Crippen molar-refractivity contribution in [3.63, 3.8) is 0 Å². The van der Waals surface area contributed by atoms with E-state index in [1.165, 1.54) is 22.3 Å². The summed E-state index contributed by atoms with van der Waals surface area (Å²) in [7, 11) is 0. The third kappa shape index (κ3) is 4.83. The van der Waals surface area contributed by atoms with Gasteiger partial charge in [0.1, 0.15) is 0 Å². The quantitative estimate of drug-likeness (QED) is 0.396. The third-order valence-corrected chi connectivity index (χ3v) is 5.26. The molecule has 0 saturated heterocycles. The van der Waals surface area contributed by atoms with Crippen molar-refractivity contribution in [2.24, 2.45) is 4.99 Å². The molecule has 0 aromatic heterocycles. The van der Waals surface area contributed by atoms with Crippen LogP contribution in [0.1, 0.15) is 48.9 Å². The highest BCUT2D eigenvalue weighted by Crippen LogP contribution is 2.38. The maximum Gasteiger partial charge on any atom is 0.0805 e. The summed E-state index contributed by atoms with van der Waals surface area (Å²) in [4.78, 5) is 4.60. The van der Waals surface area contributed by atoms with Gasteiger partial charge in [0.05, 0.1) is 10.3 Å². The predicted molar refractivity (Wildman–Crippen MR) is 134 cm³/mol. The van der Waals surface area contributed by atoms with Crippen LogP contribution in [0.5, 0.6) is 0 Å². The number of hydrogen-bond acceptors (Lipinski definition) is 1. The first-order valence-electron chi connectivity index (χ1n) is 9.83. The van der Waals surface area contributed by atoms with Gasteiger partial charge >= 0.3 is 0 Å². The lowest BCUT2D eigenvalue weighted by molar-refractivity contribution is 1.01. The van der Waals surface area contributed by atoms with Crippen LogP contribution in [-0.2, 0) is 0 Å². The van der Waals surface area contributed by atoms with Crippen LogP contribution in [0.15, 0.2) is 84.4 Å². The number of halogens is 1. The Kier molecular flexibility index (Phi) is 7.00. The zero-order valence-electron chi connectivity index (χ0n) is 17.1. The molecule has 0 spiro atoms. The minimum atomic E-state index is 0.858. The van der Waals surface area contributed by atoms with E-state index < -0.39 is 0 Å². The van der Waals surface area contributed by atoms with Gasteiger partial charge in [0.15, 0.2) is 0 Å². The average molecular weight is 444 g/mol. The molecule has 0 unspecified atom stereocenters. The molecule has 1 nitrogen and oxygen atoms in total. The van der Waals surface area contributed by atoms with Crippen molar-refractivity contribution in [2.45, 2.75) is 26.7 Å². The monoisotopic (exact) mass is 443 g/mol. The number of nitrogens with zero attached hydrogens (tertiary/aromatic N) is 1. The molecule has 3 rings (SSSR count). The van der Waals surface area contributed by atoms with Crippen molar-refractivity contribution in [3.8, 4) is 0 Å². The predicted octanol–water partition coefficient (Wildman–Crippen LogP) is 8.62. The van der Waals surface area contributed by atoms with Crippen LogP contribution in [0.2, 0.25) is 0 Å². The maximum absolute atomic E-state index is 4.60. The van der Waals surface area contributed by atoms with Crippen LogP contribution >= 0.6 is 15.9 Å². The lowest BCUT2D eigenvalue weighted by Crippen LogP contribution is -1.99. The number of rotatable bonds is 6. The van der Waals surface area contributed by atoms with E-state index in [4.69, 9.17) is 0 Å². The molecule has 0 radical (unpaired) electrons. The van der Waals surface area contributed by atoms with Crippen LogP contribution in [0.3, 0.4) is 0 Å². The summed E-state index contributed by atoms with van der Waals surface area (Å²) in [6.07, 6.45) is 12.6. The highest BCUT2D eigenvalue weighted by atomic mass is 79.9. The molecule has 1 aliphatic carbocycles. The fourth-order valence-electron chi connectivity index (χ4n) is 3.67. The summed E-state index contributed by atoms with van der Waals surface area (Å²) in [6, 6.07) is 14.6. The van der Waals surface area contributed by atoms with Crippen LogP contribution in [0, 0.1) is 0 Å². The molecule has 29 heavy (non-hydrogen) atoms. The molecule has 2 aromatic rings. The van der Waals surface area contributed by atoms with Gasteiger partial charge in [-0.1, -0.05) is 79.9 Å². The summed E-state index contributed by atoms with van der Waals surface area (Å²) >= 11 is 3.44. The Labute approximate surface area is 182 Å². The summed E-state index contributed by atoms with van der Waals surface area (Å²) in [5.41, 5.74) is 9.35. The summed E-state index contributed by atoms with van der Waals surface area (Å²) in [5, 5.41) is 0. The van der Waals surface area contributed by atoms with E-state index in [-0.39, 0.29) is 0 Å².